The molecule has 0 fully saturated rings. The monoisotopic (exact) mass is 273 g/mol. The second-order valence-corrected chi connectivity index (χ2v) is 5.16. The van der Waals surface area contributed by atoms with E-state index in [0.29, 0.717) is 0 Å². The molecule has 2 N–H and O–H groups in total. The molecule has 2 aromatic rings. The third kappa shape index (κ3) is 2.04. The van der Waals surface area contributed by atoms with Gasteiger partial charge in [-0.05, 0) is 25.1 Å². The van der Waals surface area contributed by atoms with Gasteiger partial charge in [0, 0.05) is 36.3 Å². The summed E-state index contributed by atoms with van der Waals surface area (Å²) in [4.78, 5) is 0. The number of aryl methyl sites for hydroxylation is 1. The fourth-order valence-corrected chi connectivity index (χ4v) is 2.63. The zero-order valence-corrected chi connectivity index (χ0v) is 12.0. The van der Waals surface area contributed by atoms with Gasteiger partial charge in [-0.25, -0.2) is 0 Å². The molecule has 1 aromatic heterocycles. The second-order valence-electron chi connectivity index (χ2n) is 5.16. The number of nitrogens with two attached hydrogens (primary N) is 1. The molecule has 2 atom stereocenters. The maximum Gasteiger partial charge on any atom is 0.129 e. The highest BCUT2D eigenvalue weighted by atomic mass is 16.5. The summed E-state index contributed by atoms with van der Waals surface area (Å²) in [6.07, 6.45) is 2.56. The third-order valence-electron chi connectivity index (χ3n) is 3.97. The molecule has 0 radical (unpaired) electrons. The summed E-state index contributed by atoms with van der Waals surface area (Å²) < 4.78 is 13.2. The van der Waals surface area contributed by atoms with Crippen molar-refractivity contribution in [1.29, 1.82) is 0 Å². The topological polar surface area (TPSA) is 62.3 Å². The maximum absolute atomic E-state index is 6.29. The van der Waals surface area contributed by atoms with Gasteiger partial charge < -0.3 is 15.2 Å². The predicted molar refractivity (Wildman–Crippen MR) is 75.9 cm³/mol. The van der Waals surface area contributed by atoms with E-state index in [1.54, 1.807) is 7.11 Å². The van der Waals surface area contributed by atoms with Crippen molar-refractivity contribution in [3.63, 3.8) is 0 Å². The fourth-order valence-electron chi connectivity index (χ4n) is 2.63. The van der Waals surface area contributed by atoms with Crippen molar-refractivity contribution in [2.45, 2.75) is 25.5 Å². The number of fused-ring (bicyclic) bond motifs is 1. The zero-order valence-electron chi connectivity index (χ0n) is 12.0. The van der Waals surface area contributed by atoms with E-state index in [9.17, 15) is 0 Å². The van der Waals surface area contributed by atoms with Gasteiger partial charge in [0.05, 0.1) is 13.3 Å². The van der Waals surface area contributed by atoms with Crippen LogP contribution >= 0.6 is 0 Å². The minimum Gasteiger partial charge on any atom is -0.497 e. The van der Waals surface area contributed by atoms with Crippen molar-refractivity contribution in [3.05, 3.63) is 41.2 Å². The first-order valence-corrected chi connectivity index (χ1v) is 6.69. The highest BCUT2D eigenvalue weighted by Gasteiger charge is 2.29. The number of benzene rings is 1. The van der Waals surface area contributed by atoms with Gasteiger partial charge in [0.25, 0.3) is 0 Å². The molecule has 1 aliphatic heterocycles. The summed E-state index contributed by atoms with van der Waals surface area (Å²) in [7, 11) is 3.58. The van der Waals surface area contributed by atoms with E-state index >= 15 is 0 Å². The SMILES string of the molecule is COc1ccc2c(c1)[C@@H](N)CC(c1cnn(C)c1C)O2. The van der Waals surface area contributed by atoms with E-state index in [0.717, 1.165) is 34.7 Å². The van der Waals surface area contributed by atoms with Gasteiger partial charge in [0.15, 0.2) is 0 Å². The van der Waals surface area contributed by atoms with Crippen molar-refractivity contribution >= 4 is 0 Å². The Kier molecular flexibility index (Phi) is 3.14. The van der Waals surface area contributed by atoms with Crippen LogP contribution in [0.2, 0.25) is 0 Å². The average Bonchev–Trinajstić information content (AvgIpc) is 2.78. The van der Waals surface area contributed by atoms with Crippen LogP contribution in [0.15, 0.2) is 24.4 Å². The molecule has 0 aliphatic carbocycles. The summed E-state index contributed by atoms with van der Waals surface area (Å²) >= 11 is 0. The second kappa shape index (κ2) is 4.83. The smallest absolute Gasteiger partial charge is 0.129 e. The molecule has 1 unspecified atom stereocenters. The first-order chi connectivity index (χ1) is 9.60. The normalized spacial score (nSPS) is 21.2. The average molecular weight is 273 g/mol. The van der Waals surface area contributed by atoms with Crippen molar-refractivity contribution in [1.82, 2.24) is 9.78 Å². The molecule has 106 valence electrons. The van der Waals surface area contributed by atoms with Crippen LogP contribution in [-0.2, 0) is 7.05 Å². The Balaban J connectivity index is 1.95. The fraction of sp³-hybridized carbons (Fsp3) is 0.400. The lowest BCUT2D eigenvalue weighted by Gasteiger charge is -2.30. The molecule has 2 heterocycles. The zero-order chi connectivity index (χ0) is 14.3. The quantitative estimate of drug-likeness (QED) is 0.911. The molecule has 0 saturated heterocycles. The molecular formula is C15H19N3O2. The number of methoxy groups -OCH3 is 1. The van der Waals surface area contributed by atoms with Gasteiger partial charge in [0.2, 0.25) is 0 Å². The summed E-state index contributed by atoms with van der Waals surface area (Å²) in [5.74, 6) is 1.64. The van der Waals surface area contributed by atoms with Crippen molar-refractivity contribution < 1.29 is 9.47 Å². The van der Waals surface area contributed by atoms with Crippen molar-refractivity contribution in [2.24, 2.45) is 12.8 Å². The Morgan fingerprint density at radius 2 is 2.20 bits per heavy atom. The van der Waals surface area contributed by atoms with E-state index < -0.39 is 0 Å². The summed E-state index contributed by atoms with van der Waals surface area (Å²) in [6, 6.07) is 5.71. The highest BCUT2D eigenvalue weighted by molar-refractivity contribution is 5.44. The van der Waals surface area contributed by atoms with Gasteiger partial charge in [-0.15, -0.1) is 0 Å². The summed E-state index contributed by atoms with van der Waals surface area (Å²) in [5, 5.41) is 4.28. The Morgan fingerprint density at radius 1 is 1.40 bits per heavy atom. The molecule has 0 spiro atoms. The molecule has 20 heavy (non-hydrogen) atoms. The lowest BCUT2D eigenvalue weighted by molar-refractivity contribution is 0.160. The van der Waals surface area contributed by atoms with Crippen molar-refractivity contribution in [2.75, 3.05) is 7.11 Å². The molecule has 0 bridgehead atoms. The highest BCUT2D eigenvalue weighted by Crippen LogP contribution is 2.41. The van der Waals surface area contributed by atoms with Crippen LogP contribution in [0, 0.1) is 6.92 Å². The Morgan fingerprint density at radius 3 is 2.85 bits per heavy atom. The van der Waals surface area contributed by atoms with Crippen LogP contribution in [0.25, 0.3) is 0 Å². The largest absolute Gasteiger partial charge is 0.497 e. The number of rotatable bonds is 2. The van der Waals surface area contributed by atoms with Crippen LogP contribution in [0.1, 0.15) is 35.4 Å². The number of nitrogens with zero attached hydrogens (tertiary/aromatic N) is 2. The Bertz CT molecular complexity index is 636. The minimum absolute atomic E-state index is 0.0420. The number of ether oxygens (including phenoxy) is 2. The van der Waals surface area contributed by atoms with Gasteiger partial charge in [0.1, 0.15) is 17.6 Å². The van der Waals surface area contributed by atoms with E-state index in [4.69, 9.17) is 15.2 Å². The molecule has 5 nitrogen and oxygen atoms in total. The molecule has 1 aliphatic rings. The molecule has 0 amide bonds. The summed E-state index contributed by atoms with van der Waals surface area (Å²) in [6.45, 7) is 2.04. The standard InChI is InChI=1S/C15H19N3O2/c1-9-12(8-17-18(9)2)15-7-13(16)11-6-10(19-3)4-5-14(11)20-15/h4-6,8,13,15H,7,16H2,1-3H3/t13-,15?/m0/s1. The van der Waals surface area contributed by atoms with Crippen LogP contribution in [0.3, 0.4) is 0 Å². The van der Waals surface area contributed by atoms with E-state index in [1.165, 1.54) is 0 Å². The van der Waals surface area contributed by atoms with Gasteiger partial charge in [-0.3, -0.25) is 4.68 Å². The third-order valence-corrected chi connectivity index (χ3v) is 3.97. The minimum atomic E-state index is -0.0570. The number of aromatic nitrogens is 2. The van der Waals surface area contributed by atoms with Gasteiger partial charge in [-0.2, -0.15) is 5.10 Å². The molecule has 0 saturated carbocycles. The van der Waals surface area contributed by atoms with Crippen molar-refractivity contribution in [3.8, 4) is 11.5 Å². The summed E-state index contributed by atoms with van der Waals surface area (Å²) in [5.41, 5.74) is 9.51. The predicted octanol–water partition coefficient (Wildman–Crippen LogP) is 2.26. The number of hydrogen-bond acceptors (Lipinski definition) is 4. The first kappa shape index (κ1) is 13.0. The molecular weight excluding hydrogens is 254 g/mol. The molecule has 3 rings (SSSR count). The Hall–Kier alpha value is -2.01. The van der Waals surface area contributed by atoms with Crippen LogP contribution in [0.5, 0.6) is 11.5 Å². The Labute approximate surface area is 118 Å². The van der Waals surface area contributed by atoms with Crippen LogP contribution in [0.4, 0.5) is 0 Å². The maximum atomic E-state index is 6.29. The van der Waals surface area contributed by atoms with Crippen LogP contribution < -0.4 is 15.2 Å². The van der Waals surface area contributed by atoms with E-state index in [1.807, 2.05) is 43.0 Å². The van der Waals surface area contributed by atoms with Gasteiger partial charge in [-0.1, -0.05) is 0 Å². The lowest BCUT2D eigenvalue weighted by Crippen LogP contribution is -2.24. The molecule has 1 aromatic carbocycles. The van der Waals surface area contributed by atoms with E-state index in [2.05, 4.69) is 5.10 Å². The van der Waals surface area contributed by atoms with Crippen LogP contribution in [-0.4, -0.2) is 16.9 Å². The number of hydrogen-bond donors (Lipinski definition) is 1. The molecule has 5 heteroatoms. The first-order valence-electron chi connectivity index (χ1n) is 6.69. The lowest BCUT2D eigenvalue weighted by atomic mass is 9.94. The van der Waals surface area contributed by atoms with E-state index in [-0.39, 0.29) is 12.1 Å². The van der Waals surface area contributed by atoms with Gasteiger partial charge >= 0.3 is 0 Å².